The largest absolute Gasteiger partial charge is 0.454 e. The Balaban J connectivity index is 1.82. The molecule has 0 radical (unpaired) electrons. The van der Waals surface area contributed by atoms with Gasteiger partial charge in [-0.25, -0.2) is 0 Å². The zero-order valence-electron chi connectivity index (χ0n) is 13.0. The molecule has 1 aliphatic rings. The van der Waals surface area contributed by atoms with Gasteiger partial charge in [0.1, 0.15) is 0 Å². The minimum absolute atomic E-state index is 0.180. The van der Waals surface area contributed by atoms with E-state index in [0.717, 1.165) is 30.0 Å². The number of aromatic nitrogens is 2. The molecule has 1 amide bonds. The Bertz CT molecular complexity index is 722. The van der Waals surface area contributed by atoms with Gasteiger partial charge < -0.3 is 14.8 Å². The van der Waals surface area contributed by atoms with E-state index >= 15 is 0 Å². The minimum atomic E-state index is -0.180. The lowest BCUT2D eigenvalue weighted by molar-refractivity contribution is 0.102. The topological polar surface area (TPSA) is 65.4 Å². The van der Waals surface area contributed by atoms with Crippen molar-refractivity contribution in [3.8, 4) is 11.5 Å². The normalized spacial score (nSPS) is 12.5. The van der Waals surface area contributed by atoms with E-state index in [-0.39, 0.29) is 12.7 Å². The van der Waals surface area contributed by atoms with E-state index in [4.69, 9.17) is 9.47 Å². The number of rotatable bonds is 4. The van der Waals surface area contributed by atoms with Gasteiger partial charge in [-0.1, -0.05) is 6.92 Å². The summed E-state index contributed by atoms with van der Waals surface area (Å²) in [5.74, 6) is 1.09. The van der Waals surface area contributed by atoms with Crippen LogP contribution in [0, 0.1) is 13.8 Å². The van der Waals surface area contributed by atoms with E-state index in [1.54, 1.807) is 18.2 Å². The summed E-state index contributed by atoms with van der Waals surface area (Å²) in [4.78, 5) is 12.4. The number of nitrogens with zero attached hydrogens (tertiary/aromatic N) is 2. The van der Waals surface area contributed by atoms with E-state index in [1.165, 1.54) is 0 Å². The molecule has 22 heavy (non-hydrogen) atoms. The average molecular weight is 301 g/mol. The number of amides is 1. The Morgan fingerprint density at radius 1 is 1.32 bits per heavy atom. The first kappa shape index (κ1) is 14.4. The van der Waals surface area contributed by atoms with E-state index < -0.39 is 0 Å². The Labute approximate surface area is 129 Å². The summed E-state index contributed by atoms with van der Waals surface area (Å²) in [5.41, 5.74) is 3.09. The molecule has 0 bridgehead atoms. The first-order valence-electron chi connectivity index (χ1n) is 7.35. The van der Waals surface area contributed by atoms with Crippen LogP contribution in [0.25, 0.3) is 0 Å². The van der Waals surface area contributed by atoms with Crippen LogP contribution in [0.4, 0.5) is 5.69 Å². The lowest BCUT2D eigenvalue weighted by atomic mass is 10.2. The monoisotopic (exact) mass is 301 g/mol. The van der Waals surface area contributed by atoms with Crippen LogP contribution < -0.4 is 14.8 Å². The van der Waals surface area contributed by atoms with Crippen LogP contribution in [0.1, 0.15) is 35.1 Å². The van der Waals surface area contributed by atoms with Crippen molar-refractivity contribution in [1.29, 1.82) is 0 Å². The summed E-state index contributed by atoms with van der Waals surface area (Å²) in [6.07, 6.45) is 0.998. The van der Waals surface area contributed by atoms with E-state index in [9.17, 15) is 4.79 Å². The number of anilines is 1. The number of carbonyl (C=O) groups is 1. The van der Waals surface area contributed by atoms with Gasteiger partial charge in [-0.05, 0) is 38.5 Å². The molecule has 1 aromatic carbocycles. The number of fused-ring (bicyclic) bond motifs is 1. The highest BCUT2D eigenvalue weighted by molar-refractivity contribution is 6.05. The first-order chi connectivity index (χ1) is 10.6. The van der Waals surface area contributed by atoms with Gasteiger partial charge in [0.15, 0.2) is 11.5 Å². The quantitative estimate of drug-likeness (QED) is 0.943. The maximum Gasteiger partial charge on any atom is 0.255 e. The number of benzene rings is 1. The van der Waals surface area contributed by atoms with E-state index in [0.29, 0.717) is 17.1 Å². The molecule has 0 saturated heterocycles. The van der Waals surface area contributed by atoms with Gasteiger partial charge >= 0.3 is 0 Å². The molecule has 0 aliphatic carbocycles. The number of carbonyl (C=O) groups excluding carboxylic acids is 1. The van der Waals surface area contributed by atoms with E-state index in [2.05, 4.69) is 17.3 Å². The second-order valence-corrected chi connectivity index (χ2v) is 5.29. The van der Waals surface area contributed by atoms with Crippen molar-refractivity contribution in [2.24, 2.45) is 0 Å². The maximum atomic E-state index is 12.4. The van der Waals surface area contributed by atoms with Crippen LogP contribution in [0.15, 0.2) is 18.2 Å². The van der Waals surface area contributed by atoms with Crippen LogP contribution in [0.2, 0.25) is 0 Å². The molecule has 0 saturated carbocycles. The molecule has 1 aliphatic heterocycles. The van der Waals surface area contributed by atoms with Crippen molar-refractivity contribution in [1.82, 2.24) is 9.78 Å². The highest BCUT2D eigenvalue weighted by atomic mass is 16.7. The van der Waals surface area contributed by atoms with Gasteiger partial charge in [0.2, 0.25) is 6.79 Å². The molecule has 2 aromatic rings. The van der Waals surface area contributed by atoms with Crippen LogP contribution in [0.5, 0.6) is 11.5 Å². The molecule has 6 nitrogen and oxygen atoms in total. The number of hydrogen-bond acceptors (Lipinski definition) is 4. The van der Waals surface area contributed by atoms with Crippen LogP contribution in [-0.4, -0.2) is 22.5 Å². The van der Waals surface area contributed by atoms with Crippen LogP contribution >= 0.6 is 0 Å². The van der Waals surface area contributed by atoms with Gasteiger partial charge in [-0.3, -0.25) is 9.48 Å². The molecule has 1 N–H and O–H groups in total. The van der Waals surface area contributed by atoms with Crippen molar-refractivity contribution in [2.75, 3.05) is 12.1 Å². The lowest BCUT2D eigenvalue weighted by Gasteiger charge is -2.07. The van der Waals surface area contributed by atoms with Crippen molar-refractivity contribution < 1.29 is 14.3 Å². The summed E-state index contributed by atoms with van der Waals surface area (Å²) in [6, 6.07) is 5.17. The molecule has 0 atom stereocenters. The molecule has 116 valence electrons. The van der Waals surface area contributed by atoms with Crippen LogP contribution in [0.3, 0.4) is 0 Å². The molecule has 0 unspecified atom stereocenters. The molecule has 3 rings (SSSR count). The predicted molar refractivity (Wildman–Crippen MR) is 82.5 cm³/mol. The lowest BCUT2D eigenvalue weighted by Crippen LogP contribution is -2.13. The Kier molecular flexibility index (Phi) is 3.75. The SMILES string of the molecule is CCCn1nc(C)c(NC(=O)c2ccc3c(c2)OCO3)c1C. The zero-order valence-corrected chi connectivity index (χ0v) is 13.0. The zero-order chi connectivity index (χ0) is 15.7. The van der Waals surface area contributed by atoms with E-state index in [1.807, 2.05) is 18.5 Å². The highest BCUT2D eigenvalue weighted by Crippen LogP contribution is 2.32. The van der Waals surface area contributed by atoms with Crippen molar-refractivity contribution in [3.63, 3.8) is 0 Å². The summed E-state index contributed by atoms with van der Waals surface area (Å²) < 4.78 is 12.5. The fourth-order valence-corrected chi connectivity index (χ4v) is 2.53. The van der Waals surface area contributed by atoms with Gasteiger partial charge in [-0.2, -0.15) is 5.10 Å². The summed E-state index contributed by atoms with van der Waals surface area (Å²) in [5, 5.41) is 7.41. The Hall–Kier alpha value is -2.50. The summed E-state index contributed by atoms with van der Waals surface area (Å²) in [7, 11) is 0. The summed E-state index contributed by atoms with van der Waals surface area (Å²) >= 11 is 0. The number of hydrogen-bond donors (Lipinski definition) is 1. The van der Waals surface area contributed by atoms with Crippen LogP contribution in [-0.2, 0) is 6.54 Å². The second kappa shape index (κ2) is 5.71. The minimum Gasteiger partial charge on any atom is -0.454 e. The van der Waals surface area contributed by atoms with Gasteiger partial charge in [-0.15, -0.1) is 0 Å². The highest BCUT2D eigenvalue weighted by Gasteiger charge is 2.18. The molecule has 0 fully saturated rings. The standard InChI is InChI=1S/C16H19N3O3/c1-4-7-19-11(3)15(10(2)18-19)17-16(20)12-5-6-13-14(8-12)22-9-21-13/h5-6,8H,4,7,9H2,1-3H3,(H,17,20). The van der Waals surface area contributed by atoms with Gasteiger partial charge in [0.05, 0.1) is 17.1 Å². The van der Waals surface area contributed by atoms with Crippen molar-refractivity contribution in [3.05, 3.63) is 35.2 Å². The Morgan fingerprint density at radius 2 is 2.09 bits per heavy atom. The molecule has 2 heterocycles. The molecule has 6 heteroatoms. The smallest absolute Gasteiger partial charge is 0.255 e. The summed E-state index contributed by atoms with van der Waals surface area (Å²) in [6.45, 7) is 7.00. The fourth-order valence-electron chi connectivity index (χ4n) is 2.53. The molecule has 1 aromatic heterocycles. The van der Waals surface area contributed by atoms with Crippen molar-refractivity contribution in [2.45, 2.75) is 33.7 Å². The fraction of sp³-hybridized carbons (Fsp3) is 0.375. The maximum absolute atomic E-state index is 12.4. The number of aryl methyl sites for hydroxylation is 2. The second-order valence-electron chi connectivity index (χ2n) is 5.29. The molecular weight excluding hydrogens is 282 g/mol. The van der Waals surface area contributed by atoms with Gasteiger partial charge in [0.25, 0.3) is 5.91 Å². The van der Waals surface area contributed by atoms with Crippen molar-refractivity contribution >= 4 is 11.6 Å². The number of nitrogens with one attached hydrogen (secondary N) is 1. The first-order valence-corrected chi connectivity index (χ1v) is 7.35. The predicted octanol–water partition coefficient (Wildman–Crippen LogP) is 2.89. The third kappa shape index (κ3) is 2.52. The Morgan fingerprint density at radius 3 is 2.86 bits per heavy atom. The third-order valence-electron chi connectivity index (χ3n) is 3.69. The molecular formula is C16H19N3O3. The van der Waals surface area contributed by atoms with Gasteiger partial charge in [0, 0.05) is 12.1 Å². The number of ether oxygens (including phenoxy) is 2. The average Bonchev–Trinajstić information content (AvgIpc) is 3.07. The third-order valence-corrected chi connectivity index (χ3v) is 3.69. The molecule has 0 spiro atoms.